The van der Waals surface area contributed by atoms with Crippen molar-refractivity contribution in [2.24, 2.45) is 0 Å². The molecule has 0 saturated heterocycles. The Bertz CT molecular complexity index is 415. The van der Waals surface area contributed by atoms with Gasteiger partial charge in [-0.2, -0.15) is 0 Å². The number of carbonyl (C=O) groups is 1. The van der Waals surface area contributed by atoms with Gasteiger partial charge >= 0.3 is 0 Å². The molecule has 0 aliphatic rings. The number of hydrogen-bond acceptors (Lipinski definition) is 4. The second-order valence-electron chi connectivity index (χ2n) is 4.12. The summed E-state index contributed by atoms with van der Waals surface area (Å²) in [6, 6.07) is 5.24. The number of hydrogen-bond donors (Lipinski definition) is 2. The Hall–Kier alpha value is -1.59. The molecule has 0 heterocycles. The van der Waals surface area contributed by atoms with Crippen LogP contribution >= 0.6 is 0 Å². The van der Waals surface area contributed by atoms with Crippen molar-refractivity contribution in [1.29, 1.82) is 0 Å². The molecule has 0 saturated carbocycles. The molecule has 0 unspecified atom stereocenters. The predicted octanol–water partition coefficient (Wildman–Crippen LogP) is 1.71. The van der Waals surface area contributed by atoms with Gasteiger partial charge in [0.05, 0.1) is 6.54 Å². The SMILES string of the molecule is CCOC(CNC(=O)c1ccc(C)c(N)c1)OCC. The molecule has 0 bridgehead atoms. The molecule has 1 aromatic carbocycles. The first-order valence-electron chi connectivity index (χ1n) is 6.46. The van der Waals surface area contributed by atoms with Crippen LogP contribution < -0.4 is 11.1 Å². The van der Waals surface area contributed by atoms with E-state index in [0.717, 1.165) is 5.56 Å². The van der Waals surface area contributed by atoms with Gasteiger partial charge in [0.25, 0.3) is 5.91 Å². The predicted molar refractivity (Wildman–Crippen MR) is 75.0 cm³/mol. The maximum absolute atomic E-state index is 11.9. The fraction of sp³-hybridized carbons (Fsp3) is 0.500. The molecule has 3 N–H and O–H groups in total. The first kappa shape index (κ1) is 15.5. The number of anilines is 1. The summed E-state index contributed by atoms with van der Waals surface area (Å²) < 4.78 is 10.7. The second kappa shape index (κ2) is 7.76. The molecule has 0 aliphatic heterocycles. The van der Waals surface area contributed by atoms with Crippen molar-refractivity contribution in [1.82, 2.24) is 5.32 Å². The number of rotatable bonds is 7. The first-order chi connectivity index (χ1) is 9.08. The molecule has 0 spiro atoms. The molecule has 0 fully saturated rings. The molecule has 0 atom stereocenters. The lowest BCUT2D eigenvalue weighted by molar-refractivity contribution is -0.131. The third kappa shape index (κ3) is 4.89. The second-order valence-corrected chi connectivity index (χ2v) is 4.12. The summed E-state index contributed by atoms with van der Waals surface area (Å²) in [6.07, 6.45) is -0.415. The zero-order valence-electron chi connectivity index (χ0n) is 11.7. The van der Waals surface area contributed by atoms with Crippen molar-refractivity contribution in [3.63, 3.8) is 0 Å². The van der Waals surface area contributed by atoms with E-state index in [-0.39, 0.29) is 5.91 Å². The van der Waals surface area contributed by atoms with Crippen LogP contribution in [-0.2, 0) is 9.47 Å². The van der Waals surface area contributed by atoms with Crippen molar-refractivity contribution in [2.75, 3.05) is 25.5 Å². The topological polar surface area (TPSA) is 73.6 Å². The molecule has 19 heavy (non-hydrogen) atoms. The van der Waals surface area contributed by atoms with E-state index < -0.39 is 6.29 Å². The Morgan fingerprint density at radius 3 is 2.47 bits per heavy atom. The van der Waals surface area contributed by atoms with Crippen LogP contribution in [0, 0.1) is 6.92 Å². The zero-order chi connectivity index (χ0) is 14.3. The van der Waals surface area contributed by atoms with E-state index in [1.165, 1.54) is 0 Å². The summed E-state index contributed by atoms with van der Waals surface area (Å²) in [7, 11) is 0. The number of benzene rings is 1. The lowest BCUT2D eigenvalue weighted by Crippen LogP contribution is -2.35. The standard InChI is InChI=1S/C14H22N2O3/c1-4-18-13(19-5-2)9-16-14(17)11-7-6-10(3)12(15)8-11/h6-8,13H,4-5,9,15H2,1-3H3,(H,16,17). The minimum Gasteiger partial charge on any atom is -0.398 e. The summed E-state index contributed by atoms with van der Waals surface area (Å²) in [5.74, 6) is -0.184. The zero-order valence-corrected chi connectivity index (χ0v) is 11.7. The molecule has 5 nitrogen and oxygen atoms in total. The molecule has 0 radical (unpaired) electrons. The number of ether oxygens (including phenoxy) is 2. The Kier molecular flexibility index (Phi) is 6.32. The van der Waals surface area contributed by atoms with E-state index in [9.17, 15) is 4.79 Å². The van der Waals surface area contributed by atoms with E-state index in [1.807, 2.05) is 26.8 Å². The minimum absolute atomic E-state index is 0.184. The van der Waals surface area contributed by atoms with Gasteiger partial charge in [0.2, 0.25) is 0 Å². The van der Waals surface area contributed by atoms with Gasteiger partial charge in [-0.05, 0) is 38.5 Å². The highest BCUT2D eigenvalue weighted by atomic mass is 16.7. The third-order valence-electron chi connectivity index (χ3n) is 2.68. The highest BCUT2D eigenvalue weighted by molar-refractivity contribution is 5.95. The summed E-state index contributed by atoms with van der Waals surface area (Å²) in [5.41, 5.74) is 7.88. The molecule has 1 rings (SSSR count). The molecule has 0 aromatic heterocycles. The first-order valence-corrected chi connectivity index (χ1v) is 6.46. The average Bonchev–Trinajstić information content (AvgIpc) is 2.39. The number of nitrogens with one attached hydrogen (secondary N) is 1. The Labute approximate surface area is 114 Å². The Morgan fingerprint density at radius 2 is 1.95 bits per heavy atom. The normalized spacial score (nSPS) is 10.7. The molecule has 106 valence electrons. The van der Waals surface area contributed by atoms with Gasteiger partial charge in [0.15, 0.2) is 6.29 Å². The van der Waals surface area contributed by atoms with Crippen molar-refractivity contribution in [2.45, 2.75) is 27.1 Å². The van der Waals surface area contributed by atoms with Gasteiger partial charge < -0.3 is 20.5 Å². The van der Waals surface area contributed by atoms with E-state index >= 15 is 0 Å². The molecular formula is C14H22N2O3. The molecule has 0 aliphatic carbocycles. The van der Waals surface area contributed by atoms with Crippen LogP contribution in [-0.4, -0.2) is 32.0 Å². The Balaban J connectivity index is 2.56. The minimum atomic E-state index is -0.415. The van der Waals surface area contributed by atoms with Crippen molar-refractivity contribution in [3.05, 3.63) is 29.3 Å². The highest BCUT2D eigenvalue weighted by Gasteiger charge is 2.11. The highest BCUT2D eigenvalue weighted by Crippen LogP contribution is 2.12. The summed E-state index contributed by atoms with van der Waals surface area (Å²) in [5, 5.41) is 2.77. The van der Waals surface area contributed by atoms with Crippen LogP contribution in [0.1, 0.15) is 29.8 Å². The van der Waals surface area contributed by atoms with Crippen LogP contribution in [0.4, 0.5) is 5.69 Å². The lowest BCUT2D eigenvalue weighted by Gasteiger charge is -2.17. The number of amides is 1. The maximum atomic E-state index is 11.9. The van der Waals surface area contributed by atoms with E-state index in [0.29, 0.717) is 31.0 Å². The smallest absolute Gasteiger partial charge is 0.251 e. The third-order valence-corrected chi connectivity index (χ3v) is 2.68. The Morgan fingerprint density at radius 1 is 1.32 bits per heavy atom. The number of nitrogen functional groups attached to an aromatic ring is 1. The van der Waals surface area contributed by atoms with Gasteiger partial charge in [-0.25, -0.2) is 0 Å². The monoisotopic (exact) mass is 266 g/mol. The number of carbonyl (C=O) groups excluding carboxylic acids is 1. The van der Waals surface area contributed by atoms with Crippen LogP contribution in [0.3, 0.4) is 0 Å². The number of aryl methyl sites for hydroxylation is 1. The molecule has 1 amide bonds. The quantitative estimate of drug-likeness (QED) is 0.582. The lowest BCUT2D eigenvalue weighted by atomic mass is 10.1. The van der Waals surface area contributed by atoms with Crippen LogP contribution in [0.2, 0.25) is 0 Å². The van der Waals surface area contributed by atoms with Crippen LogP contribution in [0.5, 0.6) is 0 Å². The van der Waals surface area contributed by atoms with Gasteiger partial charge in [-0.15, -0.1) is 0 Å². The van der Waals surface area contributed by atoms with Gasteiger partial charge in [-0.1, -0.05) is 6.07 Å². The fourth-order valence-electron chi connectivity index (χ4n) is 1.60. The van der Waals surface area contributed by atoms with Gasteiger partial charge in [-0.3, -0.25) is 4.79 Å². The number of nitrogens with two attached hydrogens (primary N) is 1. The maximum Gasteiger partial charge on any atom is 0.251 e. The fourth-order valence-corrected chi connectivity index (χ4v) is 1.60. The van der Waals surface area contributed by atoms with E-state index in [4.69, 9.17) is 15.2 Å². The van der Waals surface area contributed by atoms with Crippen molar-refractivity contribution >= 4 is 11.6 Å². The molecular weight excluding hydrogens is 244 g/mol. The van der Waals surface area contributed by atoms with Crippen molar-refractivity contribution < 1.29 is 14.3 Å². The largest absolute Gasteiger partial charge is 0.398 e. The molecule has 1 aromatic rings. The molecule has 5 heteroatoms. The van der Waals surface area contributed by atoms with Crippen LogP contribution in [0.25, 0.3) is 0 Å². The van der Waals surface area contributed by atoms with Gasteiger partial charge in [0.1, 0.15) is 0 Å². The van der Waals surface area contributed by atoms with Gasteiger partial charge in [0, 0.05) is 24.5 Å². The van der Waals surface area contributed by atoms with E-state index in [1.54, 1.807) is 12.1 Å². The average molecular weight is 266 g/mol. The summed E-state index contributed by atoms with van der Waals surface area (Å²) in [6.45, 7) is 7.06. The van der Waals surface area contributed by atoms with E-state index in [2.05, 4.69) is 5.32 Å². The summed E-state index contributed by atoms with van der Waals surface area (Å²) >= 11 is 0. The summed E-state index contributed by atoms with van der Waals surface area (Å²) in [4.78, 5) is 11.9. The van der Waals surface area contributed by atoms with Crippen LogP contribution in [0.15, 0.2) is 18.2 Å². The van der Waals surface area contributed by atoms with Crippen molar-refractivity contribution in [3.8, 4) is 0 Å².